The maximum absolute atomic E-state index is 13.3. The van der Waals surface area contributed by atoms with Crippen molar-refractivity contribution in [3.8, 4) is 17.6 Å². The predicted molar refractivity (Wildman–Crippen MR) is 99.0 cm³/mol. The zero-order chi connectivity index (χ0) is 19.1. The van der Waals surface area contributed by atoms with Gasteiger partial charge in [0, 0.05) is 5.02 Å². The van der Waals surface area contributed by atoms with E-state index in [0.29, 0.717) is 27.9 Å². The first kappa shape index (κ1) is 17.1. The lowest BCUT2D eigenvalue weighted by molar-refractivity contribution is 0.367. The molecule has 3 aromatic rings. The van der Waals surface area contributed by atoms with E-state index in [2.05, 4.69) is 11.2 Å². The molecule has 1 aromatic heterocycles. The molecule has 2 aromatic carbocycles. The molecule has 1 atom stereocenters. The number of nitrogens with two attached hydrogens (primary N) is 1. The lowest BCUT2D eigenvalue weighted by atomic mass is 9.84. The minimum Gasteiger partial charge on any atom is -0.422 e. The highest BCUT2D eigenvalue weighted by molar-refractivity contribution is 6.30. The molecular formula is C20H14ClFN4O. The third-order valence-corrected chi connectivity index (χ3v) is 4.72. The minimum atomic E-state index is -0.452. The lowest BCUT2D eigenvalue weighted by Crippen LogP contribution is -2.22. The summed E-state index contributed by atoms with van der Waals surface area (Å²) >= 11 is 6.16. The summed E-state index contributed by atoms with van der Waals surface area (Å²) in [5.74, 6) is -0.383. The van der Waals surface area contributed by atoms with Crippen molar-refractivity contribution in [3.63, 3.8) is 0 Å². The van der Waals surface area contributed by atoms with Crippen LogP contribution < -0.4 is 10.5 Å². The van der Waals surface area contributed by atoms with Gasteiger partial charge in [0.25, 0.3) is 0 Å². The Hall–Kier alpha value is -3.30. The van der Waals surface area contributed by atoms with E-state index < -0.39 is 5.92 Å². The molecule has 27 heavy (non-hydrogen) atoms. The smallest absolute Gasteiger partial charge is 0.229 e. The van der Waals surface area contributed by atoms with E-state index in [1.54, 1.807) is 28.9 Å². The highest BCUT2D eigenvalue weighted by Crippen LogP contribution is 2.44. The fraction of sp³-hybridized carbons (Fsp3) is 0.100. The molecule has 1 aliphatic heterocycles. The molecular weight excluding hydrogens is 367 g/mol. The summed E-state index contributed by atoms with van der Waals surface area (Å²) in [6, 6.07) is 15.3. The van der Waals surface area contributed by atoms with Crippen LogP contribution in [0.4, 0.5) is 4.39 Å². The fourth-order valence-electron chi connectivity index (χ4n) is 3.29. The molecule has 134 valence electrons. The van der Waals surface area contributed by atoms with Crippen LogP contribution in [0, 0.1) is 24.1 Å². The SMILES string of the molecule is Cc1nn(-c2ccc(F)cc2)c2c1[C@H](c1cccc(Cl)c1)C(C#N)=C(N)O2. The number of rotatable bonds is 2. The topological polar surface area (TPSA) is 76.9 Å². The number of nitrogens with zero attached hydrogens (tertiary/aromatic N) is 3. The molecule has 7 heteroatoms. The normalized spacial score (nSPS) is 15.9. The number of halogens is 2. The van der Waals surface area contributed by atoms with Gasteiger partial charge in [-0.1, -0.05) is 23.7 Å². The van der Waals surface area contributed by atoms with Crippen molar-refractivity contribution in [2.45, 2.75) is 12.8 Å². The van der Waals surface area contributed by atoms with Gasteiger partial charge in [-0.15, -0.1) is 0 Å². The van der Waals surface area contributed by atoms with E-state index >= 15 is 0 Å². The molecule has 2 heterocycles. The number of hydrogen-bond acceptors (Lipinski definition) is 4. The van der Waals surface area contributed by atoms with Crippen LogP contribution in [0.2, 0.25) is 5.02 Å². The van der Waals surface area contributed by atoms with Gasteiger partial charge in [0.05, 0.1) is 22.9 Å². The Bertz CT molecular complexity index is 1110. The third kappa shape index (κ3) is 2.82. The summed E-state index contributed by atoms with van der Waals surface area (Å²) in [7, 11) is 0. The van der Waals surface area contributed by atoms with Gasteiger partial charge in [0.2, 0.25) is 11.8 Å². The summed E-state index contributed by atoms with van der Waals surface area (Å²) in [6.45, 7) is 1.83. The van der Waals surface area contributed by atoms with Crippen LogP contribution in [0.15, 0.2) is 60.0 Å². The first-order valence-corrected chi connectivity index (χ1v) is 8.56. The molecule has 4 rings (SSSR count). The van der Waals surface area contributed by atoms with E-state index in [1.165, 1.54) is 12.1 Å². The number of aromatic nitrogens is 2. The number of ether oxygens (including phenoxy) is 1. The van der Waals surface area contributed by atoms with Crippen LogP contribution in [-0.2, 0) is 0 Å². The Morgan fingerprint density at radius 2 is 2.00 bits per heavy atom. The van der Waals surface area contributed by atoms with Crippen LogP contribution >= 0.6 is 11.6 Å². The van der Waals surface area contributed by atoms with E-state index in [4.69, 9.17) is 22.1 Å². The molecule has 1 aliphatic rings. The van der Waals surface area contributed by atoms with Gasteiger partial charge in [0.15, 0.2) is 0 Å². The Kier molecular flexibility index (Phi) is 4.09. The van der Waals surface area contributed by atoms with Crippen molar-refractivity contribution in [2.24, 2.45) is 5.73 Å². The zero-order valence-corrected chi connectivity index (χ0v) is 15.0. The van der Waals surface area contributed by atoms with Gasteiger partial charge in [-0.25, -0.2) is 9.07 Å². The third-order valence-electron chi connectivity index (χ3n) is 4.49. The Morgan fingerprint density at radius 3 is 2.67 bits per heavy atom. The van der Waals surface area contributed by atoms with Gasteiger partial charge in [-0.3, -0.25) is 0 Å². The second-order valence-electron chi connectivity index (χ2n) is 6.17. The monoisotopic (exact) mass is 380 g/mol. The van der Waals surface area contributed by atoms with E-state index in [-0.39, 0.29) is 11.7 Å². The molecule has 0 spiro atoms. The average molecular weight is 381 g/mol. The van der Waals surface area contributed by atoms with E-state index in [1.807, 2.05) is 19.1 Å². The second-order valence-corrected chi connectivity index (χ2v) is 6.61. The van der Waals surface area contributed by atoms with Gasteiger partial charge < -0.3 is 10.5 Å². The van der Waals surface area contributed by atoms with Crippen LogP contribution in [0.3, 0.4) is 0 Å². The molecule has 2 N–H and O–H groups in total. The van der Waals surface area contributed by atoms with Crippen molar-refractivity contribution >= 4 is 11.6 Å². The van der Waals surface area contributed by atoms with Gasteiger partial charge in [-0.05, 0) is 48.9 Å². The number of fused-ring (bicyclic) bond motifs is 1. The predicted octanol–water partition coefficient (Wildman–Crippen LogP) is 4.19. The zero-order valence-electron chi connectivity index (χ0n) is 14.3. The van der Waals surface area contributed by atoms with E-state index in [9.17, 15) is 9.65 Å². The summed E-state index contributed by atoms with van der Waals surface area (Å²) in [4.78, 5) is 0. The van der Waals surface area contributed by atoms with Gasteiger partial charge in [-0.2, -0.15) is 10.4 Å². The van der Waals surface area contributed by atoms with Crippen molar-refractivity contribution in [1.82, 2.24) is 9.78 Å². The standard InChI is InChI=1S/C20H14ClFN4O/c1-11-17-18(12-3-2-4-13(21)9-12)16(10-23)19(24)27-20(17)26(25-11)15-7-5-14(22)6-8-15/h2-9,18H,24H2,1H3/t18-/m1/s1. The highest BCUT2D eigenvalue weighted by atomic mass is 35.5. The lowest BCUT2D eigenvalue weighted by Gasteiger charge is -2.25. The first-order valence-electron chi connectivity index (χ1n) is 8.18. The number of hydrogen-bond donors (Lipinski definition) is 1. The van der Waals surface area contributed by atoms with Crippen LogP contribution in [-0.4, -0.2) is 9.78 Å². The summed E-state index contributed by atoms with van der Waals surface area (Å²) in [5, 5.41) is 14.8. The average Bonchev–Trinajstić information content (AvgIpc) is 2.97. The molecule has 0 unspecified atom stereocenters. The fourth-order valence-corrected chi connectivity index (χ4v) is 3.49. The van der Waals surface area contributed by atoms with Crippen LogP contribution in [0.25, 0.3) is 5.69 Å². The molecule has 5 nitrogen and oxygen atoms in total. The molecule has 0 aliphatic carbocycles. The number of nitriles is 1. The minimum absolute atomic E-state index is 0.0123. The maximum atomic E-state index is 13.3. The molecule has 0 saturated carbocycles. The first-order chi connectivity index (χ1) is 13.0. The van der Waals surface area contributed by atoms with Crippen molar-refractivity contribution in [1.29, 1.82) is 5.26 Å². The Labute approximate surface area is 160 Å². The van der Waals surface area contributed by atoms with E-state index in [0.717, 1.165) is 11.1 Å². The van der Waals surface area contributed by atoms with Gasteiger partial charge in [0.1, 0.15) is 17.5 Å². The van der Waals surface area contributed by atoms with Crippen molar-refractivity contribution in [2.75, 3.05) is 0 Å². The molecule has 0 fully saturated rings. The molecule has 0 radical (unpaired) electrons. The summed E-state index contributed by atoms with van der Waals surface area (Å²) in [6.07, 6.45) is 0. The number of benzene rings is 2. The van der Waals surface area contributed by atoms with Crippen LogP contribution in [0.1, 0.15) is 22.7 Å². The van der Waals surface area contributed by atoms with Gasteiger partial charge >= 0.3 is 0 Å². The highest BCUT2D eigenvalue weighted by Gasteiger charge is 2.36. The largest absolute Gasteiger partial charge is 0.422 e. The summed E-state index contributed by atoms with van der Waals surface area (Å²) in [5.41, 5.74) is 9.20. The number of allylic oxidation sites excluding steroid dienone is 1. The van der Waals surface area contributed by atoms with Crippen molar-refractivity contribution in [3.05, 3.63) is 87.6 Å². The summed E-state index contributed by atoms with van der Waals surface area (Å²) < 4.78 is 20.6. The Balaban J connectivity index is 1.95. The van der Waals surface area contributed by atoms with Crippen molar-refractivity contribution < 1.29 is 9.13 Å². The molecule has 0 bridgehead atoms. The van der Waals surface area contributed by atoms with Crippen LogP contribution in [0.5, 0.6) is 5.88 Å². The quantitative estimate of drug-likeness (QED) is 0.723. The number of aryl methyl sites for hydroxylation is 1. The molecule has 0 amide bonds. The Morgan fingerprint density at radius 1 is 1.26 bits per heavy atom. The second kappa shape index (κ2) is 6.45. The molecule has 0 saturated heterocycles. The maximum Gasteiger partial charge on any atom is 0.229 e.